The molecule has 0 bridgehead atoms. The zero-order valence-corrected chi connectivity index (χ0v) is 14.2. The molecule has 3 aromatic rings. The molecule has 1 N–H and O–H groups in total. The molecule has 25 heavy (non-hydrogen) atoms. The number of para-hydroxylation sites is 1. The topological polar surface area (TPSA) is 77.2 Å². The monoisotopic (exact) mass is 337 g/mol. The number of aromatic nitrogens is 2. The molecule has 0 aliphatic heterocycles. The first kappa shape index (κ1) is 16.7. The van der Waals surface area contributed by atoms with Gasteiger partial charge in [-0.2, -0.15) is 4.98 Å². The fourth-order valence-electron chi connectivity index (χ4n) is 2.36. The SMILES string of the molecule is COc1ccc(-c2noc(CCC(=O)Nc3ccccc3C)n2)cc1. The van der Waals surface area contributed by atoms with E-state index in [1.807, 2.05) is 55.5 Å². The van der Waals surface area contributed by atoms with Gasteiger partial charge in [-0.3, -0.25) is 4.79 Å². The number of ether oxygens (including phenoxy) is 1. The Kier molecular flexibility index (Phi) is 5.09. The van der Waals surface area contributed by atoms with Gasteiger partial charge < -0.3 is 14.6 Å². The van der Waals surface area contributed by atoms with E-state index in [-0.39, 0.29) is 12.3 Å². The maximum atomic E-state index is 12.1. The van der Waals surface area contributed by atoms with E-state index in [0.29, 0.717) is 18.1 Å². The molecule has 1 amide bonds. The van der Waals surface area contributed by atoms with Crippen molar-refractivity contribution in [1.29, 1.82) is 0 Å². The fourth-order valence-corrected chi connectivity index (χ4v) is 2.36. The van der Waals surface area contributed by atoms with Gasteiger partial charge in [0, 0.05) is 24.1 Å². The summed E-state index contributed by atoms with van der Waals surface area (Å²) in [6, 6.07) is 15.0. The number of amides is 1. The lowest BCUT2D eigenvalue weighted by molar-refractivity contribution is -0.116. The lowest BCUT2D eigenvalue weighted by Gasteiger charge is -2.06. The summed E-state index contributed by atoms with van der Waals surface area (Å²) in [6.45, 7) is 1.95. The minimum absolute atomic E-state index is 0.0847. The molecule has 1 aromatic heterocycles. The van der Waals surface area contributed by atoms with E-state index in [0.717, 1.165) is 22.6 Å². The maximum absolute atomic E-state index is 12.1. The highest BCUT2D eigenvalue weighted by molar-refractivity contribution is 5.91. The van der Waals surface area contributed by atoms with E-state index in [9.17, 15) is 4.79 Å². The second kappa shape index (κ2) is 7.61. The Morgan fingerprint density at radius 3 is 2.64 bits per heavy atom. The van der Waals surface area contributed by atoms with Gasteiger partial charge in [-0.05, 0) is 42.8 Å². The van der Waals surface area contributed by atoms with Crippen LogP contribution >= 0.6 is 0 Å². The van der Waals surface area contributed by atoms with Gasteiger partial charge in [-0.25, -0.2) is 0 Å². The average Bonchev–Trinajstić information content (AvgIpc) is 3.11. The normalized spacial score (nSPS) is 10.5. The molecule has 0 saturated heterocycles. The van der Waals surface area contributed by atoms with Gasteiger partial charge in [-0.15, -0.1) is 0 Å². The number of hydrogen-bond donors (Lipinski definition) is 1. The molecule has 0 atom stereocenters. The van der Waals surface area contributed by atoms with Gasteiger partial charge >= 0.3 is 0 Å². The van der Waals surface area contributed by atoms with Crippen LogP contribution in [0, 0.1) is 6.92 Å². The smallest absolute Gasteiger partial charge is 0.227 e. The number of carbonyl (C=O) groups excluding carboxylic acids is 1. The van der Waals surface area contributed by atoms with E-state index in [1.54, 1.807) is 7.11 Å². The maximum Gasteiger partial charge on any atom is 0.227 e. The quantitative estimate of drug-likeness (QED) is 0.743. The van der Waals surface area contributed by atoms with Gasteiger partial charge in [0.05, 0.1) is 7.11 Å². The Balaban J connectivity index is 1.58. The third kappa shape index (κ3) is 4.23. The van der Waals surface area contributed by atoms with Crippen molar-refractivity contribution in [3.05, 3.63) is 60.0 Å². The van der Waals surface area contributed by atoms with Gasteiger partial charge in [0.15, 0.2) is 0 Å². The standard InChI is InChI=1S/C19H19N3O3/c1-13-5-3-4-6-16(13)20-17(23)11-12-18-21-19(22-25-18)14-7-9-15(24-2)10-8-14/h3-10H,11-12H2,1-2H3,(H,20,23). The molecule has 6 heteroatoms. The average molecular weight is 337 g/mol. The van der Waals surface area contributed by atoms with Crippen LogP contribution in [0.15, 0.2) is 53.1 Å². The fraction of sp³-hybridized carbons (Fsp3) is 0.211. The van der Waals surface area contributed by atoms with Crippen LogP contribution in [-0.2, 0) is 11.2 Å². The predicted molar refractivity (Wildman–Crippen MR) is 94.4 cm³/mol. The number of nitrogens with zero attached hydrogens (tertiary/aromatic N) is 2. The van der Waals surface area contributed by atoms with Gasteiger partial charge in [-0.1, -0.05) is 23.4 Å². The summed E-state index contributed by atoms with van der Waals surface area (Å²) in [4.78, 5) is 16.4. The summed E-state index contributed by atoms with van der Waals surface area (Å²) in [5, 5.41) is 6.85. The third-order valence-electron chi connectivity index (χ3n) is 3.80. The van der Waals surface area contributed by atoms with E-state index in [2.05, 4.69) is 15.5 Å². The molecule has 0 spiro atoms. The molecular weight excluding hydrogens is 318 g/mol. The van der Waals surface area contributed by atoms with E-state index in [1.165, 1.54) is 0 Å². The molecule has 0 unspecified atom stereocenters. The zero-order valence-electron chi connectivity index (χ0n) is 14.2. The predicted octanol–water partition coefficient (Wildman–Crippen LogP) is 3.62. The lowest BCUT2D eigenvalue weighted by atomic mass is 10.2. The van der Waals surface area contributed by atoms with Crippen molar-refractivity contribution in [2.45, 2.75) is 19.8 Å². The molecule has 0 fully saturated rings. The number of nitrogens with one attached hydrogen (secondary N) is 1. The van der Waals surface area contributed by atoms with E-state index < -0.39 is 0 Å². The van der Waals surface area contributed by atoms with E-state index in [4.69, 9.17) is 9.26 Å². The molecular formula is C19H19N3O3. The minimum Gasteiger partial charge on any atom is -0.497 e. The summed E-state index contributed by atoms with van der Waals surface area (Å²) in [5.74, 6) is 1.61. The number of anilines is 1. The first-order chi connectivity index (χ1) is 12.2. The summed E-state index contributed by atoms with van der Waals surface area (Å²) in [5.41, 5.74) is 2.67. The van der Waals surface area contributed by atoms with Crippen molar-refractivity contribution < 1.29 is 14.1 Å². The van der Waals surface area contributed by atoms with Crippen molar-refractivity contribution in [3.8, 4) is 17.1 Å². The highest BCUT2D eigenvalue weighted by atomic mass is 16.5. The Hall–Kier alpha value is -3.15. The van der Waals surface area contributed by atoms with Crippen LogP contribution in [0.1, 0.15) is 17.9 Å². The molecule has 6 nitrogen and oxygen atoms in total. The third-order valence-corrected chi connectivity index (χ3v) is 3.80. The number of carbonyl (C=O) groups is 1. The zero-order chi connectivity index (χ0) is 17.6. The van der Waals surface area contributed by atoms with Crippen molar-refractivity contribution in [3.63, 3.8) is 0 Å². The molecule has 0 radical (unpaired) electrons. The van der Waals surface area contributed by atoms with Crippen molar-refractivity contribution in [2.24, 2.45) is 0 Å². The van der Waals surface area contributed by atoms with Crippen molar-refractivity contribution >= 4 is 11.6 Å². The highest BCUT2D eigenvalue weighted by Gasteiger charge is 2.11. The number of methoxy groups -OCH3 is 1. The van der Waals surface area contributed by atoms with Crippen molar-refractivity contribution in [1.82, 2.24) is 10.1 Å². The minimum atomic E-state index is -0.0847. The molecule has 1 heterocycles. The molecule has 0 aliphatic rings. The van der Waals surface area contributed by atoms with Gasteiger partial charge in [0.25, 0.3) is 0 Å². The second-order valence-electron chi connectivity index (χ2n) is 5.60. The van der Waals surface area contributed by atoms with Crippen LogP contribution in [0.5, 0.6) is 5.75 Å². The van der Waals surface area contributed by atoms with Crippen LogP contribution < -0.4 is 10.1 Å². The number of rotatable bonds is 6. The first-order valence-corrected chi connectivity index (χ1v) is 7.98. The van der Waals surface area contributed by atoms with Crippen LogP contribution in [-0.4, -0.2) is 23.2 Å². The van der Waals surface area contributed by atoms with Crippen molar-refractivity contribution in [2.75, 3.05) is 12.4 Å². The van der Waals surface area contributed by atoms with Crippen LogP contribution in [0.4, 0.5) is 5.69 Å². The van der Waals surface area contributed by atoms with Crippen LogP contribution in [0.3, 0.4) is 0 Å². The summed E-state index contributed by atoms with van der Waals surface area (Å²) < 4.78 is 10.4. The Morgan fingerprint density at radius 1 is 1.16 bits per heavy atom. The lowest BCUT2D eigenvalue weighted by Crippen LogP contribution is -2.13. The van der Waals surface area contributed by atoms with Crippen LogP contribution in [0.25, 0.3) is 11.4 Å². The summed E-state index contributed by atoms with van der Waals surface area (Å²) in [7, 11) is 1.61. The molecule has 0 saturated carbocycles. The number of aryl methyl sites for hydroxylation is 2. The molecule has 3 rings (SSSR count). The number of hydrogen-bond acceptors (Lipinski definition) is 5. The summed E-state index contributed by atoms with van der Waals surface area (Å²) in [6.07, 6.45) is 0.666. The highest BCUT2D eigenvalue weighted by Crippen LogP contribution is 2.20. The van der Waals surface area contributed by atoms with Gasteiger partial charge in [0.1, 0.15) is 5.75 Å². The Morgan fingerprint density at radius 2 is 1.92 bits per heavy atom. The molecule has 128 valence electrons. The van der Waals surface area contributed by atoms with Crippen LogP contribution in [0.2, 0.25) is 0 Å². The molecule has 0 aliphatic carbocycles. The van der Waals surface area contributed by atoms with Gasteiger partial charge in [0.2, 0.25) is 17.6 Å². The number of benzene rings is 2. The second-order valence-corrected chi connectivity index (χ2v) is 5.60. The largest absolute Gasteiger partial charge is 0.497 e. The van der Waals surface area contributed by atoms with E-state index >= 15 is 0 Å². The Labute approximate surface area is 145 Å². The first-order valence-electron chi connectivity index (χ1n) is 7.98. The summed E-state index contributed by atoms with van der Waals surface area (Å²) >= 11 is 0. The molecule has 2 aromatic carbocycles. The Bertz CT molecular complexity index is 856.